The van der Waals surface area contributed by atoms with Gasteiger partial charge in [-0.3, -0.25) is 13.9 Å². The Kier molecular flexibility index (Phi) is 5.10. The minimum atomic E-state index is -0.399. The van der Waals surface area contributed by atoms with Crippen LogP contribution in [0.15, 0.2) is 33.9 Å². The molecule has 7 heteroatoms. The molecule has 2 heterocycles. The smallest absolute Gasteiger partial charge is 0.332 e. The molecule has 6 nitrogen and oxygen atoms in total. The van der Waals surface area contributed by atoms with E-state index in [9.17, 15) is 9.59 Å². The highest BCUT2D eigenvalue weighted by molar-refractivity contribution is 6.30. The Morgan fingerprint density at radius 1 is 1.27 bits per heavy atom. The molecule has 1 N–H and O–H groups in total. The summed E-state index contributed by atoms with van der Waals surface area (Å²) in [6.45, 7) is 2.44. The second kappa shape index (κ2) is 7.30. The van der Waals surface area contributed by atoms with Crippen LogP contribution in [0.2, 0.25) is 5.02 Å². The second-order valence-corrected chi connectivity index (χ2v) is 6.72. The topological polar surface area (TPSA) is 59.3 Å². The van der Waals surface area contributed by atoms with E-state index < -0.39 is 6.17 Å². The molecule has 1 atom stereocenters. The van der Waals surface area contributed by atoms with E-state index in [0.29, 0.717) is 23.1 Å². The number of rotatable bonds is 3. The first kappa shape index (κ1) is 18.2. The molecule has 0 saturated carbocycles. The molecular weight excluding hydrogens is 352 g/mol. The molecular formula is C19H21ClN4O2. The van der Waals surface area contributed by atoms with Gasteiger partial charge in [-0.1, -0.05) is 42.9 Å². The van der Waals surface area contributed by atoms with Crippen LogP contribution in [0.5, 0.6) is 0 Å². The zero-order valence-electron chi connectivity index (χ0n) is 15.0. The van der Waals surface area contributed by atoms with E-state index in [1.807, 2.05) is 19.1 Å². The average Bonchev–Trinajstić information content (AvgIpc) is 2.95. The van der Waals surface area contributed by atoms with Crippen molar-refractivity contribution in [2.75, 3.05) is 17.3 Å². The van der Waals surface area contributed by atoms with Crippen LogP contribution in [0.3, 0.4) is 0 Å². The Labute approximate surface area is 157 Å². The Morgan fingerprint density at radius 3 is 2.73 bits per heavy atom. The number of hydrogen-bond acceptors (Lipinski definition) is 4. The number of fused-ring (bicyclic) bond motifs is 1. The monoisotopic (exact) mass is 372 g/mol. The maximum absolute atomic E-state index is 12.8. The molecule has 0 amide bonds. The van der Waals surface area contributed by atoms with Crippen LogP contribution >= 0.6 is 11.6 Å². The fourth-order valence-electron chi connectivity index (χ4n) is 2.95. The first-order valence-electron chi connectivity index (χ1n) is 8.54. The number of anilines is 2. The molecule has 0 aliphatic carbocycles. The number of nitrogens with zero attached hydrogens (tertiary/aromatic N) is 3. The molecule has 1 unspecified atom stereocenters. The van der Waals surface area contributed by atoms with Crippen molar-refractivity contribution in [2.45, 2.75) is 32.5 Å². The third kappa shape index (κ3) is 3.23. The van der Waals surface area contributed by atoms with Crippen LogP contribution in [0.25, 0.3) is 0 Å². The van der Waals surface area contributed by atoms with E-state index in [1.54, 1.807) is 31.1 Å². The van der Waals surface area contributed by atoms with Crippen molar-refractivity contribution < 1.29 is 0 Å². The zero-order valence-corrected chi connectivity index (χ0v) is 15.8. The van der Waals surface area contributed by atoms with Crippen molar-refractivity contribution in [1.29, 1.82) is 0 Å². The van der Waals surface area contributed by atoms with E-state index in [-0.39, 0.29) is 11.2 Å². The number of aromatic nitrogens is 2. The lowest BCUT2D eigenvalue weighted by molar-refractivity contribution is 0.562. The lowest BCUT2D eigenvalue weighted by atomic mass is 10.2. The summed E-state index contributed by atoms with van der Waals surface area (Å²) in [7, 11) is 3.46. The van der Waals surface area contributed by atoms with Crippen molar-refractivity contribution in [1.82, 2.24) is 9.13 Å². The molecule has 0 saturated heterocycles. The van der Waals surface area contributed by atoms with Gasteiger partial charge < -0.3 is 10.2 Å². The number of benzene rings is 1. The van der Waals surface area contributed by atoms with Gasteiger partial charge in [0.2, 0.25) is 0 Å². The zero-order chi connectivity index (χ0) is 18.8. The van der Waals surface area contributed by atoms with Crippen molar-refractivity contribution in [3.63, 3.8) is 0 Å². The molecule has 0 fully saturated rings. The predicted octanol–water partition coefficient (Wildman–Crippen LogP) is 2.24. The normalized spacial score (nSPS) is 15.2. The van der Waals surface area contributed by atoms with Crippen LogP contribution in [-0.4, -0.2) is 22.3 Å². The van der Waals surface area contributed by atoms with E-state index in [2.05, 4.69) is 17.2 Å². The SMILES string of the molecule is CCCCn1c(=O)c2c(n(C)c1=O)NC(C#Cc1cccc(Cl)c1)N2C. The van der Waals surface area contributed by atoms with Crippen LogP contribution in [0.4, 0.5) is 11.5 Å². The highest BCUT2D eigenvalue weighted by Gasteiger charge is 2.31. The molecule has 1 aliphatic heterocycles. The highest BCUT2D eigenvalue weighted by Crippen LogP contribution is 2.28. The molecule has 0 bridgehead atoms. The Morgan fingerprint density at radius 2 is 2.04 bits per heavy atom. The van der Waals surface area contributed by atoms with E-state index >= 15 is 0 Å². The molecule has 136 valence electrons. The van der Waals surface area contributed by atoms with Crippen LogP contribution in [-0.2, 0) is 13.6 Å². The summed E-state index contributed by atoms with van der Waals surface area (Å²) in [6.07, 6.45) is 1.29. The molecule has 2 aromatic rings. The quantitative estimate of drug-likeness (QED) is 0.839. The lowest BCUT2D eigenvalue weighted by Gasteiger charge is -2.16. The molecule has 0 spiro atoms. The predicted molar refractivity (Wildman–Crippen MR) is 105 cm³/mol. The Balaban J connectivity index is 1.98. The first-order valence-corrected chi connectivity index (χ1v) is 8.92. The molecule has 3 rings (SSSR count). The van der Waals surface area contributed by atoms with Gasteiger partial charge in [0.05, 0.1) is 0 Å². The number of halogens is 1. The lowest BCUT2D eigenvalue weighted by Crippen LogP contribution is -2.40. The van der Waals surface area contributed by atoms with Crippen molar-refractivity contribution in [2.24, 2.45) is 7.05 Å². The van der Waals surface area contributed by atoms with E-state index in [0.717, 1.165) is 18.4 Å². The van der Waals surface area contributed by atoms with Gasteiger partial charge in [0.15, 0.2) is 6.17 Å². The van der Waals surface area contributed by atoms with Crippen LogP contribution in [0.1, 0.15) is 25.3 Å². The molecule has 1 aromatic carbocycles. The highest BCUT2D eigenvalue weighted by atomic mass is 35.5. The van der Waals surface area contributed by atoms with Crippen LogP contribution < -0.4 is 21.5 Å². The van der Waals surface area contributed by atoms with Gasteiger partial charge in [0, 0.05) is 31.2 Å². The van der Waals surface area contributed by atoms with Crippen molar-refractivity contribution in [3.8, 4) is 11.8 Å². The Hall–Kier alpha value is -2.65. The minimum Gasteiger partial charge on any atom is -0.339 e. The first-order chi connectivity index (χ1) is 12.4. The largest absolute Gasteiger partial charge is 0.339 e. The van der Waals surface area contributed by atoms with Gasteiger partial charge in [-0.2, -0.15) is 0 Å². The van der Waals surface area contributed by atoms with E-state index in [4.69, 9.17) is 11.6 Å². The van der Waals surface area contributed by atoms with Gasteiger partial charge >= 0.3 is 5.69 Å². The van der Waals surface area contributed by atoms with E-state index in [1.165, 1.54) is 9.13 Å². The van der Waals surface area contributed by atoms with Gasteiger partial charge in [0.1, 0.15) is 11.5 Å². The summed E-state index contributed by atoms with van der Waals surface area (Å²) in [5, 5.41) is 3.79. The third-order valence-electron chi connectivity index (χ3n) is 4.45. The average molecular weight is 373 g/mol. The molecule has 1 aromatic heterocycles. The fourth-order valence-corrected chi connectivity index (χ4v) is 3.14. The molecule has 0 radical (unpaired) electrons. The summed E-state index contributed by atoms with van der Waals surface area (Å²) in [5.41, 5.74) is 0.664. The Bertz CT molecular complexity index is 1010. The summed E-state index contributed by atoms with van der Waals surface area (Å²) >= 11 is 5.98. The van der Waals surface area contributed by atoms with Gasteiger partial charge in [0.25, 0.3) is 5.56 Å². The van der Waals surface area contributed by atoms with Gasteiger partial charge in [-0.15, -0.1) is 0 Å². The standard InChI is InChI=1S/C19H21ClN4O2/c1-4-5-11-24-18(25)16-17(23(3)19(24)26)21-15(22(16)2)10-9-13-7-6-8-14(20)12-13/h6-8,12,15,21H,4-5,11H2,1-3H3. The molecule has 1 aliphatic rings. The third-order valence-corrected chi connectivity index (χ3v) is 4.69. The maximum Gasteiger partial charge on any atom is 0.332 e. The van der Waals surface area contributed by atoms with Crippen molar-refractivity contribution >= 4 is 23.1 Å². The summed E-state index contributed by atoms with van der Waals surface area (Å²) in [6, 6.07) is 7.28. The van der Waals surface area contributed by atoms with Crippen LogP contribution in [0, 0.1) is 11.8 Å². The number of hydrogen-bond donors (Lipinski definition) is 1. The second-order valence-electron chi connectivity index (χ2n) is 6.29. The van der Waals surface area contributed by atoms with Crippen molar-refractivity contribution in [3.05, 3.63) is 55.7 Å². The minimum absolute atomic E-state index is 0.279. The number of nitrogens with one attached hydrogen (secondary N) is 1. The van der Waals surface area contributed by atoms with Gasteiger partial charge in [-0.05, 0) is 24.6 Å². The summed E-state index contributed by atoms with van der Waals surface area (Å²) in [5.74, 6) is 6.66. The molecule has 26 heavy (non-hydrogen) atoms. The number of unbranched alkanes of at least 4 members (excludes halogenated alkanes) is 1. The van der Waals surface area contributed by atoms with Gasteiger partial charge in [-0.25, -0.2) is 4.79 Å². The summed E-state index contributed by atoms with van der Waals surface area (Å²) in [4.78, 5) is 27.1. The maximum atomic E-state index is 12.8. The fraction of sp³-hybridized carbons (Fsp3) is 0.368. The summed E-state index contributed by atoms with van der Waals surface area (Å²) < 4.78 is 2.78.